The van der Waals surface area contributed by atoms with E-state index >= 15 is 0 Å². The van der Waals surface area contributed by atoms with Crippen LogP contribution in [0.3, 0.4) is 0 Å². The lowest BCUT2D eigenvalue weighted by Gasteiger charge is -2.03. The molecule has 1 aromatic rings. The van der Waals surface area contributed by atoms with Crippen molar-refractivity contribution in [3.05, 3.63) is 34.3 Å². The molecule has 1 aliphatic carbocycles. The molecule has 2 rings (SSSR count). The molecule has 13 heavy (non-hydrogen) atoms. The van der Waals surface area contributed by atoms with Crippen LogP contribution < -0.4 is 0 Å². The van der Waals surface area contributed by atoms with Gasteiger partial charge >= 0.3 is 0 Å². The van der Waals surface area contributed by atoms with Gasteiger partial charge in [-0.15, -0.1) is 0 Å². The van der Waals surface area contributed by atoms with Crippen LogP contribution in [0.4, 0.5) is 4.39 Å². The Hall–Kier alpha value is -0.700. The van der Waals surface area contributed by atoms with Gasteiger partial charge in [0.25, 0.3) is 0 Å². The third-order valence-corrected chi connectivity index (χ3v) is 2.76. The van der Waals surface area contributed by atoms with E-state index in [1.807, 2.05) is 0 Å². The van der Waals surface area contributed by atoms with Crippen LogP contribution in [0, 0.1) is 5.82 Å². The first-order valence-corrected chi connectivity index (χ1v) is 5.07. The Morgan fingerprint density at radius 2 is 2.31 bits per heavy atom. The molecule has 0 saturated carbocycles. The molecule has 0 aromatic carbocycles. The molecule has 1 aliphatic rings. The van der Waals surface area contributed by atoms with Gasteiger partial charge in [0, 0.05) is 4.47 Å². The molecule has 0 spiro atoms. The zero-order chi connectivity index (χ0) is 9.26. The first-order chi connectivity index (χ1) is 6.27. The van der Waals surface area contributed by atoms with E-state index in [4.69, 9.17) is 0 Å². The van der Waals surface area contributed by atoms with E-state index in [1.54, 1.807) is 0 Å². The van der Waals surface area contributed by atoms with Crippen molar-refractivity contribution in [2.45, 2.75) is 19.3 Å². The lowest BCUT2D eigenvalue weighted by Crippen LogP contribution is -1.90. The maximum Gasteiger partial charge on any atom is 0.142 e. The molecule has 0 unspecified atom stereocenters. The van der Waals surface area contributed by atoms with Crippen molar-refractivity contribution in [2.75, 3.05) is 0 Å². The molecule has 0 aliphatic heterocycles. The summed E-state index contributed by atoms with van der Waals surface area (Å²) in [4.78, 5) is 4.07. The minimum atomic E-state index is -0.297. The molecule has 0 fully saturated rings. The third-order valence-electron chi connectivity index (χ3n) is 2.15. The van der Waals surface area contributed by atoms with Crippen LogP contribution in [-0.4, -0.2) is 4.98 Å². The van der Waals surface area contributed by atoms with E-state index in [0.29, 0.717) is 0 Å². The highest BCUT2D eigenvalue weighted by Crippen LogP contribution is 2.30. The Morgan fingerprint density at radius 3 is 2.92 bits per heavy atom. The maximum atomic E-state index is 12.7. The molecule has 0 N–H and O–H groups in total. The summed E-state index contributed by atoms with van der Waals surface area (Å²) in [6, 6.07) is 1.46. The van der Waals surface area contributed by atoms with Crippen LogP contribution in [0.2, 0.25) is 0 Å². The summed E-state index contributed by atoms with van der Waals surface area (Å²) < 4.78 is 13.5. The molecule has 1 heterocycles. The van der Waals surface area contributed by atoms with E-state index in [2.05, 4.69) is 27.0 Å². The minimum Gasteiger partial charge on any atom is -0.252 e. The van der Waals surface area contributed by atoms with E-state index in [0.717, 1.165) is 23.0 Å². The van der Waals surface area contributed by atoms with Crippen LogP contribution >= 0.6 is 15.9 Å². The molecule has 0 bridgehead atoms. The lowest BCUT2D eigenvalue weighted by molar-refractivity contribution is 0.619. The lowest BCUT2D eigenvalue weighted by atomic mass is 10.1. The topological polar surface area (TPSA) is 12.9 Å². The van der Waals surface area contributed by atoms with Gasteiger partial charge in [0.15, 0.2) is 0 Å². The third kappa shape index (κ3) is 1.80. The fraction of sp³-hybridized carbons (Fsp3) is 0.300. The van der Waals surface area contributed by atoms with Crippen molar-refractivity contribution in [1.82, 2.24) is 4.98 Å². The highest BCUT2D eigenvalue weighted by atomic mass is 79.9. The van der Waals surface area contributed by atoms with Crippen molar-refractivity contribution in [2.24, 2.45) is 0 Å². The molecule has 0 amide bonds. The fourth-order valence-corrected chi connectivity index (χ4v) is 2.11. The minimum absolute atomic E-state index is 0.297. The Bertz CT molecular complexity index is 360. The summed E-state index contributed by atoms with van der Waals surface area (Å²) in [6.07, 6.45) is 6.78. The van der Waals surface area contributed by atoms with Crippen LogP contribution in [0.15, 0.2) is 22.8 Å². The van der Waals surface area contributed by atoms with Crippen LogP contribution in [0.1, 0.15) is 25.0 Å². The molecule has 0 saturated heterocycles. The van der Waals surface area contributed by atoms with Crippen LogP contribution in [0.25, 0.3) is 5.57 Å². The molecular formula is C10H9BrFN. The van der Waals surface area contributed by atoms with Crippen molar-refractivity contribution in [3.63, 3.8) is 0 Å². The summed E-state index contributed by atoms with van der Waals surface area (Å²) in [6.45, 7) is 0. The zero-order valence-corrected chi connectivity index (χ0v) is 8.64. The number of pyridine rings is 1. The van der Waals surface area contributed by atoms with Crippen molar-refractivity contribution >= 4 is 21.5 Å². The van der Waals surface area contributed by atoms with Gasteiger partial charge in [-0.1, -0.05) is 6.08 Å². The molecule has 0 radical (unpaired) electrons. The largest absolute Gasteiger partial charge is 0.252 e. The quantitative estimate of drug-likeness (QED) is 0.733. The number of aromatic nitrogens is 1. The Balaban J connectivity index is 2.40. The van der Waals surface area contributed by atoms with Gasteiger partial charge in [-0.25, -0.2) is 4.39 Å². The highest BCUT2D eigenvalue weighted by Gasteiger charge is 2.11. The molecule has 1 aromatic heterocycles. The van der Waals surface area contributed by atoms with Gasteiger partial charge in [0.05, 0.1) is 11.9 Å². The summed E-state index contributed by atoms with van der Waals surface area (Å²) >= 11 is 3.31. The maximum absolute atomic E-state index is 12.7. The second kappa shape index (κ2) is 3.58. The zero-order valence-electron chi connectivity index (χ0n) is 7.06. The molecule has 0 atom stereocenters. The van der Waals surface area contributed by atoms with Gasteiger partial charge in [0.2, 0.25) is 0 Å². The summed E-state index contributed by atoms with van der Waals surface area (Å²) in [5.41, 5.74) is 2.12. The van der Waals surface area contributed by atoms with Gasteiger partial charge in [-0.2, -0.15) is 0 Å². The van der Waals surface area contributed by atoms with Crippen LogP contribution in [0.5, 0.6) is 0 Å². The average molecular weight is 242 g/mol. The van der Waals surface area contributed by atoms with Gasteiger partial charge in [0.1, 0.15) is 5.82 Å². The SMILES string of the molecule is Fc1cnc(C2=CCCC2)c(Br)c1. The molecule has 1 nitrogen and oxygen atoms in total. The van der Waals surface area contributed by atoms with Crippen molar-refractivity contribution < 1.29 is 4.39 Å². The predicted octanol–water partition coefficient (Wildman–Crippen LogP) is 3.55. The summed E-state index contributed by atoms with van der Waals surface area (Å²) in [5, 5.41) is 0. The molecule has 68 valence electrons. The Kier molecular flexibility index (Phi) is 2.44. The normalized spacial score (nSPS) is 16.0. The van der Waals surface area contributed by atoms with E-state index in [1.165, 1.54) is 24.3 Å². The first-order valence-electron chi connectivity index (χ1n) is 4.28. The number of halogens is 2. The smallest absolute Gasteiger partial charge is 0.142 e. The van der Waals surface area contributed by atoms with Gasteiger partial charge in [-0.3, -0.25) is 4.98 Å². The van der Waals surface area contributed by atoms with Crippen LogP contribution in [-0.2, 0) is 0 Å². The number of rotatable bonds is 1. The van der Waals surface area contributed by atoms with E-state index in [-0.39, 0.29) is 5.82 Å². The second-order valence-corrected chi connectivity index (χ2v) is 3.96. The summed E-state index contributed by atoms with van der Waals surface area (Å²) in [5.74, 6) is -0.297. The first kappa shape index (κ1) is 8.88. The number of nitrogens with zero attached hydrogens (tertiary/aromatic N) is 1. The van der Waals surface area contributed by atoms with Crippen molar-refractivity contribution in [1.29, 1.82) is 0 Å². The van der Waals surface area contributed by atoms with Crippen molar-refractivity contribution in [3.8, 4) is 0 Å². The summed E-state index contributed by atoms with van der Waals surface area (Å²) in [7, 11) is 0. The second-order valence-electron chi connectivity index (χ2n) is 3.11. The molecule has 3 heteroatoms. The standard InChI is InChI=1S/C10H9BrFN/c11-9-5-8(12)6-13-10(9)7-3-1-2-4-7/h3,5-6H,1-2,4H2. The van der Waals surface area contributed by atoms with E-state index in [9.17, 15) is 4.39 Å². The Morgan fingerprint density at radius 1 is 1.46 bits per heavy atom. The van der Waals surface area contributed by atoms with E-state index < -0.39 is 0 Å². The number of hydrogen-bond acceptors (Lipinski definition) is 1. The monoisotopic (exact) mass is 241 g/mol. The van der Waals surface area contributed by atoms with Gasteiger partial charge in [-0.05, 0) is 46.8 Å². The number of hydrogen-bond donors (Lipinski definition) is 0. The highest BCUT2D eigenvalue weighted by molar-refractivity contribution is 9.10. The average Bonchev–Trinajstić information content (AvgIpc) is 2.56. The fourth-order valence-electron chi connectivity index (χ4n) is 1.54. The van der Waals surface area contributed by atoms with Gasteiger partial charge < -0.3 is 0 Å². The number of allylic oxidation sites excluding steroid dienone is 2. The molecular weight excluding hydrogens is 233 g/mol. The predicted molar refractivity (Wildman–Crippen MR) is 53.7 cm³/mol. The Labute approximate surface area is 84.8 Å².